The highest BCUT2D eigenvalue weighted by Crippen LogP contribution is 2.32. The number of nitrogen functional groups attached to an aromatic ring is 1. The first-order valence-corrected chi connectivity index (χ1v) is 5.01. The summed E-state index contributed by atoms with van der Waals surface area (Å²) in [6.07, 6.45) is 3.39. The Morgan fingerprint density at radius 2 is 2.29 bits per heavy atom. The van der Waals surface area contributed by atoms with Crippen LogP contribution in [-0.2, 0) is 0 Å². The molecular formula is C10H10N2OS. The Morgan fingerprint density at radius 3 is 2.93 bits per heavy atom. The van der Waals surface area contributed by atoms with Crippen molar-refractivity contribution in [2.75, 3.05) is 5.73 Å². The fourth-order valence-electron chi connectivity index (χ4n) is 1.07. The van der Waals surface area contributed by atoms with Crippen LogP contribution in [0.5, 0.6) is 0 Å². The Balaban J connectivity index is 2.28. The van der Waals surface area contributed by atoms with Gasteiger partial charge in [0.25, 0.3) is 0 Å². The first-order valence-electron chi connectivity index (χ1n) is 4.20. The summed E-state index contributed by atoms with van der Waals surface area (Å²) >= 11 is 1.52. The van der Waals surface area contributed by atoms with E-state index in [0.29, 0.717) is 5.69 Å². The third-order valence-corrected chi connectivity index (χ3v) is 3.00. The molecule has 0 saturated heterocycles. The molecule has 0 aliphatic rings. The van der Waals surface area contributed by atoms with Crippen LogP contribution in [0.2, 0.25) is 0 Å². The molecular weight excluding hydrogens is 196 g/mol. The summed E-state index contributed by atoms with van der Waals surface area (Å²) in [4.78, 5) is 5.24. The van der Waals surface area contributed by atoms with E-state index in [4.69, 9.17) is 10.2 Å². The third-order valence-electron chi connectivity index (χ3n) is 1.82. The van der Waals surface area contributed by atoms with Gasteiger partial charge in [0, 0.05) is 6.20 Å². The first-order chi connectivity index (χ1) is 6.77. The number of hydrogen-bond acceptors (Lipinski definition) is 4. The van der Waals surface area contributed by atoms with E-state index >= 15 is 0 Å². The van der Waals surface area contributed by atoms with Crippen LogP contribution in [0.1, 0.15) is 5.76 Å². The van der Waals surface area contributed by atoms with Crippen LogP contribution in [0.4, 0.5) is 5.69 Å². The van der Waals surface area contributed by atoms with Crippen LogP contribution in [0.15, 0.2) is 45.0 Å². The minimum Gasteiger partial charge on any atom is -0.468 e. The third kappa shape index (κ3) is 1.75. The second kappa shape index (κ2) is 3.75. The Bertz CT molecular complexity index is 439. The lowest BCUT2D eigenvalue weighted by Crippen LogP contribution is -1.90. The van der Waals surface area contributed by atoms with E-state index in [-0.39, 0.29) is 0 Å². The van der Waals surface area contributed by atoms with Gasteiger partial charge in [-0.3, -0.25) is 0 Å². The molecule has 2 heterocycles. The molecule has 2 aromatic heterocycles. The summed E-state index contributed by atoms with van der Waals surface area (Å²) in [6, 6.07) is 5.57. The van der Waals surface area contributed by atoms with Crippen molar-refractivity contribution in [1.29, 1.82) is 0 Å². The van der Waals surface area contributed by atoms with Crippen molar-refractivity contribution in [3.63, 3.8) is 0 Å². The molecule has 0 aromatic carbocycles. The second-order valence-electron chi connectivity index (χ2n) is 2.84. The Kier molecular flexibility index (Phi) is 2.45. The van der Waals surface area contributed by atoms with Crippen molar-refractivity contribution in [3.8, 4) is 0 Å². The fourth-order valence-corrected chi connectivity index (χ4v) is 1.90. The van der Waals surface area contributed by atoms with Crippen LogP contribution in [0.3, 0.4) is 0 Å². The zero-order valence-electron chi connectivity index (χ0n) is 7.73. The fraction of sp³-hybridized carbons (Fsp3) is 0.100. The molecule has 14 heavy (non-hydrogen) atoms. The lowest BCUT2D eigenvalue weighted by atomic mass is 10.4. The van der Waals surface area contributed by atoms with E-state index < -0.39 is 0 Å². The average Bonchev–Trinajstić information content (AvgIpc) is 2.56. The number of furan rings is 1. The molecule has 0 aliphatic heterocycles. The van der Waals surface area contributed by atoms with Crippen LogP contribution < -0.4 is 5.73 Å². The normalized spacial score (nSPS) is 10.4. The molecule has 3 nitrogen and oxygen atoms in total. The molecule has 72 valence electrons. The standard InChI is InChI=1S/C10H10N2OS/c1-7-9(4-6-13-7)14-10-8(11)3-2-5-12-10/h2-6H,11H2,1H3. The predicted molar refractivity (Wildman–Crippen MR) is 56.2 cm³/mol. The Hall–Kier alpha value is -1.42. The van der Waals surface area contributed by atoms with Gasteiger partial charge in [0.2, 0.25) is 0 Å². The van der Waals surface area contributed by atoms with Crippen molar-refractivity contribution < 1.29 is 4.42 Å². The molecule has 0 spiro atoms. The molecule has 2 rings (SSSR count). The van der Waals surface area contributed by atoms with Gasteiger partial charge in [0.15, 0.2) is 0 Å². The molecule has 0 aliphatic carbocycles. The summed E-state index contributed by atoms with van der Waals surface area (Å²) < 4.78 is 5.19. The molecule has 0 amide bonds. The van der Waals surface area contributed by atoms with Gasteiger partial charge < -0.3 is 10.2 Å². The average molecular weight is 206 g/mol. The van der Waals surface area contributed by atoms with E-state index in [2.05, 4.69) is 4.98 Å². The predicted octanol–water partition coefficient (Wildman–Crippen LogP) is 2.72. The number of hydrogen-bond donors (Lipinski definition) is 1. The second-order valence-corrected chi connectivity index (χ2v) is 3.87. The number of nitrogens with two attached hydrogens (primary N) is 1. The monoisotopic (exact) mass is 206 g/mol. The van der Waals surface area contributed by atoms with Gasteiger partial charge in [0.05, 0.1) is 16.8 Å². The molecule has 0 atom stereocenters. The summed E-state index contributed by atoms with van der Waals surface area (Å²) in [5, 5.41) is 0.817. The van der Waals surface area contributed by atoms with Gasteiger partial charge in [-0.05, 0) is 25.1 Å². The van der Waals surface area contributed by atoms with Crippen LogP contribution in [0.25, 0.3) is 0 Å². The maximum Gasteiger partial charge on any atom is 0.124 e. The maximum atomic E-state index is 5.77. The minimum absolute atomic E-state index is 0.693. The first kappa shape index (κ1) is 9.15. The van der Waals surface area contributed by atoms with Gasteiger partial charge in [-0.15, -0.1) is 0 Å². The molecule has 2 aromatic rings. The maximum absolute atomic E-state index is 5.77. The summed E-state index contributed by atoms with van der Waals surface area (Å²) in [6.45, 7) is 1.92. The molecule has 4 heteroatoms. The molecule has 0 saturated carbocycles. The van der Waals surface area contributed by atoms with E-state index in [1.165, 1.54) is 11.8 Å². The van der Waals surface area contributed by atoms with Crippen LogP contribution in [-0.4, -0.2) is 4.98 Å². The van der Waals surface area contributed by atoms with Crippen LogP contribution >= 0.6 is 11.8 Å². The zero-order valence-corrected chi connectivity index (χ0v) is 8.54. The highest BCUT2D eigenvalue weighted by Gasteiger charge is 2.06. The van der Waals surface area contributed by atoms with Gasteiger partial charge in [-0.2, -0.15) is 0 Å². The Morgan fingerprint density at radius 1 is 1.43 bits per heavy atom. The van der Waals surface area contributed by atoms with Gasteiger partial charge in [-0.1, -0.05) is 11.8 Å². The topological polar surface area (TPSA) is 52.0 Å². The van der Waals surface area contributed by atoms with Crippen molar-refractivity contribution >= 4 is 17.4 Å². The summed E-state index contributed by atoms with van der Waals surface area (Å²) in [5.74, 6) is 0.889. The molecule has 2 N–H and O–H groups in total. The van der Waals surface area contributed by atoms with E-state index in [1.54, 1.807) is 12.5 Å². The largest absolute Gasteiger partial charge is 0.468 e. The van der Waals surface area contributed by atoms with E-state index in [0.717, 1.165) is 15.7 Å². The Labute approximate surface area is 86.3 Å². The van der Waals surface area contributed by atoms with Gasteiger partial charge >= 0.3 is 0 Å². The van der Waals surface area contributed by atoms with E-state index in [1.807, 2.05) is 25.1 Å². The number of aromatic nitrogens is 1. The number of aryl methyl sites for hydroxylation is 1. The summed E-state index contributed by atoms with van der Waals surface area (Å²) in [7, 11) is 0. The van der Waals surface area contributed by atoms with Crippen molar-refractivity contribution in [1.82, 2.24) is 4.98 Å². The lowest BCUT2D eigenvalue weighted by molar-refractivity contribution is 0.527. The smallest absolute Gasteiger partial charge is 0.124 e. The van der Waals surface area contributed by atoms with Crippen molar-refractivity contribution in [3.05, 3.63) is 36.4 Å². The number of rotatable bonds is 2. The molecule has 0 unspecified atom stereocenters. The van der Waals surface area contributed by atoms with E-state index in [9.17, 15) is 0 Å². The minimum atomic E-state index is 0.693. The highest BCUT2D eigenvalue weighted by molar-refractivity contribution is 7.99. The molecule has 0 fully saturated rings. The van der Waals surface area contributed by atoms with Crippen LogP contribution in [0, 0.1) is 6.92 Å². The SMILES string of the molecule is Cc1occc1Sc1ncccc1N. The number of pyridine rings is 1. The molecule has 0 radical (unpaired) electrons. The molecule has 0 bridgehead atoms. The summed E-state index contributed by atoms with van der Waals surface area (Å²) in [5.41, 5.74) is 6.47. The lowest BCUT2D eigenvalue weighted by Gasteiger charge is -2.01. The number of anilines is 1. The number of nitrogens with zero attached hydrogens (tertiary/aromatic N) is 1. The highest BCUT2D eigenvalue weighted by atomic mass is 32.2. The zero-order chi connectivity index (χ0) is 9.97. The quantitative estimate of drug-likeness (QED) is 0.820. The van der Waals surface area contributed by atoms with Gasteiger partial charge in [-0.25, -0.2) is 4.98 Å². The van der Waals surface area contributed by atoms with Crippen molar-refractivity contribution in [2.24, 2.45) is 0 Å². The van der Waals surface area contributed by atoms with Crippen molar-refractivity contribution in [2.45, 2.75) is 16.8 Å². The van der Waals surface area contributed by atoms with Gasteiger partial charge in [0.1, 0.15) is 10.8 Å².